The topological polar surface area (TPSA) is 23.8 Å². The van der Waals surface area contributed by atoms with Crippen molar-refractivity contribution >= 4 is 0 Å². The predicted molar refractivity (Wildman–Crippen MR) is 10.2 cm³/mol. The van der Waals surface area contributed by atoms with Crippen LogP contribution in [-0.2, 0) is 0 Å². The molecular formula is CH4NRb2+. The average molecular weight is 201 g/mol. The minimum absolute atomic E-state index is 0. The fraction of sp³-hybridized carbons (Fsp3) is 1.00. The fourth-order valence-electron chi connectivity index (χ4n) is 0. The molecule has 3 heteroatoms. The van der Waals surface area contributed by atoms with Crippen LogP contribution in [0.3, 0.4) is 0 Å². The maximum absolute atomic E-state index is 5.75. The maximum Gasteiger partial charge on any atom is 1.00 e. The summed E-state index contributed by atoms with van der Waals surface area (Å²) in [6.07, 6.45) is 0. The summed E-state index contributed by atoms with van der Waals surface area (Å²) < 4.78 is 0. The van der Waals surface area contributed by atoms with Crippen molar-refractivity contribution in [1.29, 1.82) is 0 Å². The zero-order valence-corrected chi connectivity index (χ0v) is 13.3. The van der Waals surface area contributed by atoms with Crippen LogP contribution in [0.2, 0.25) is 0 Å². The smallest absolute Gasteiger partial charge is 0.680 e. The van der Waals surface area contributed by atoms with E-state index < -0.39 is 0 Å². The molecule has 0 saturated carbocycles. The zero-order chi connectivity index (χ0) is 2.00. The number of hydrogen-bond donors (Lipinski definition) is 0. The molecule has 0 amide bonds. The predicted octanol–water partition coefficient (Wildman–Crippen LogP) is -5.32. The molecule has 1 nitrogen and oxygen atoms in total. The second kappa shape index (κ2) is 16.0. The van der Waals surface area contributed by atoms with Crippen LogP contribution in [0.1, 0.15) is 0 Å². The first kappa shape index (κ1) is 15.6. The Kier molecular flexibility index (Phi) is 62.6. The van der Waals surface area contributed by atoms with E-state index >= 15 is 0 Å². The van der Waals surface area contributed by atoms with Gasteiger partial charge in [0.1, 0.15) is 0 Å². The molecule has 0 unspecified atom stereocenters. The Hall–Kier alpha value is 3.57. The van der Waals surface area contributed by atoms with Crippen molar-refractivity contribution in [3.8, 4) is 0 Å². The summed E-state index contributed by atoms with van der Waals surface area (Å²) in [5, 5.41) is 0. The SMILES string of the molecule is C[NH-].[Rb+].[Rb+]. The van der Waals surface area contributed by atoms with Crippen LogP contribution in [0.5, 0.6) is 0 Å². The van der Waals surface area contributed by atoms with Gasteiger partial charge in [-0.3, -0.25) is 0 Å². The Balaban J connectivity index is -0.00000000500. The van der Waals surface area contributed by atoms with Crippen LogP contribution in [0.15, 0.2) is 0 Å². The summed E-state index contributed by atoms with van der Waals surface area (Å²) in [6, 6.07) is 0. The first-order valence-corrected chi connectivity index (χ1v) is 0.500. The van der Waals surface area contributed by atoms with Gasteiger partial charge in [0.25, 0.3) is 0 Å². The minimum atomic E-state index is 0. The minimum Gasteiger partial charge on any atom is -0.680 e. The van der Waals surface area contributed by atoms with Gasteiger partial charge in [0.15, 0.2) is 0 Å². The van der Waals surface area contributed by atoms with Crippen LogP contribution in [0.4, 0.5) is 0 Å². The van der Waals surface area contributed by atoms with E-state index in [0.29, 0.717) is 0 Å². The van der Waals surface area contributed by atoms with E-state index in [1.54, 1.807) is 0 Å². The Morgan fingerprint density at radius 3 is 1.00 bits per heavy atom. The van der Waals surface area contributed by atoms with Gasteiger partial charge >= 0.3 is 116 Å². The Labute approximate surface area is 125 Å². The summed E-state index contributed by atoms with van der Waals surface area (Å²) in [5.41, 5.74) is 5.75. The number of hydrogen-bond acceptors (Lipinski definition) is 0. The molecule has 0 heterocycles. The molecule has 1 N–H and O–H groups in total. The second-order valence-electron chi connectivity index (χ2n) is 0. The molecule has 0 aromatic carbocycles. The Morgan fingerprint density at radius 1 is 1.00 bits per heavy atom. The van der Waals surface area contributed by atoms with Crippen molar-refractivity contribution in [2.75, 3.05) is 7.05 Å². The molecule has 0 aliphatic carbocycles. The quantitative estimate of drug-likeness (QED) is 0.374. The molecule has 0 saturated heterocycles. The van der Waals surface area contributed by atoms with Crippen molar-refractivity contribution in [2.45, 2.75) is 0 Å². The van der Waals surface area contributed by atoms with Gasteiger partial charge in [-0.25, -0.2) is 0 Å². The number of rotatable bonds is 0. The van der Waals surface area contributed by atoms with E-state index in [1.807, 2.05) is 0 Å². The van der Waals surface area contributed by atoms with E-state index in [4.69, 9.17) is 5.73 Å². The van der Waals surface area contributed by atoms with Crippen LogP contribution in [0.25, 0.3) is 5.73 Å². The number of nitrogens with one attached hydrogen (secondary N) is 1. The van der Waals surface area contributed by atoms with E-state index in [1.165, 1.54) is 7.05 Å². The van der Waals surface area contributed by atoms with Crippen molar-refractivity contribution in [3.05, 3.63) is 5.73 Å². The van der Waals surface area contributed by atoms with Gasteiger partial charge in [-0.15, -0.1) is 0 Å². The molecule has 4 heavy (non-hydrogen) atoms. The van der Waals surface area contributed by atoms with Crippen molar-refractivity contribution in [3.63, 3.8) is 0 Å². The summed E-state index contributed by atoms with van der Waals surface area (Å²) >= 11 is 0. The molecule has 0 bridgehead atoms. The fourth-order valence-corrected chi connectivity index (χ4v) is 0. The standard InChI is InChI=1S/CH4N.2Rb/c1-2;;/h2H,1H3;;/q-1;2*+1. The van der Waals surface area contributed by atoms with E-state index in [0.717, 1.165) is 0 Å². The third-order valence-corrected chi connectivity index (χ3v) is 0. The molecule has 0 fully saturated rings. The molecule has 0 aromatic rings. The summed E-state index contributed by atoms with van der Waals surface area (Å²) in [7, 11) is 1.25. The first-order chi connectivity index (χ1) is 1.00. The molecule has 0 radical (unpaired) electrons. The van der Waals surface area contributed by atoms with Gasteiger partial charge in [0.2, 0.25) is 0 Å². The first-order valence-electron chi connectivity index (χ1n) is 0.500. The molecule has 0 spiro atoms. The Bertz CT molecular complexity index is 6.00. The molecule has 0 atom stereocenters. The summed E-state index contributed by atoms with van der Waals surface area (Å²) in [4.78, 5) is 0. The van der Waals surface area contributed by atoms with Crippen LogP contribution in [0, 0.1) is 0 Å². The molecular weight excluding hydrogens is 197 g/mol. The molecule has 0 aliphatic rings. The molecule has 0 rings (SSSR count). The van der Waals surface area contributed by atoms with Crippen molar-refractivity contribution in [2.24, 2.45) is 0 Å². The van der Waals surface area contributed by atoms with Crippen LogP contribution < -0.4 is 116 Å². The van der Waals surface area contributed by atoms with Gasteiger partial charge in [0, 0.05) is 0 Å². The summed E-state index contributed by atoms with van der Waals surface area (Å²) in [5.74, 6) is 0. The van der Waals surface area contributed by atoms with Gasteiger partial charge in [-0.05, 0) is 0 Å². The van der Waals surface area contributed by atoms with E-state index in [2.05, 4.69) is 0 Å². The normalized spacial score (nSPS) is 1.50. The second-order valence-corrected chi connectivity index (χ2v) is 0. The molecule has 0 aromatic heterocycles. The largest absolute Gasteiger partial charge is 1.00 e. The van der Waals surface area contributed by atoms with Gasteiger partial charge < -0.3 is 5.73 Å². The van der Waals surface area contributed by atoms with Gasteiger partial charge in [-0.1, -0.05) is 0 Å². The third-order valence-electron chi connectivity index (χ3n) is 0. The Morgan fingerprint density at radius 2 is 1.00 bits per heavy atom. The van der Waals surface area contributed by atoms with Crippen LogP contribution in [-0.4, -0.2) is 7.05 Å². The summed E-state index contributed by atoms with van der Waals surface area (Å²) in [6.45, 7) is 0. The van der Waals surface area contributed by atoms with Gasteiger partial charge in [-0.2, -0.15) is 7.05 Å². The van der Waals surface area contributed by atoms with Gasteiger partial charge in [0.05, 0.1) is 0 Å². The molecule has 14 valence electrons. The monoisotopic (exact) mass is 200 g/mol. The van der Waals surface area contributed by atoms with E-state index in [9.17, 15) is 0 Å². The zero-order valence-electron chi connectivity index (χ0n) is 3.50. The van der Waals surface area contributed by atoms with Crippen LogP contribution >= 0.6 is 0 Å². The maximum atomic E-state index is 5.75. The van der Waals surface area contributed by atoms with E-state index in [-0.39, 0.29) is 116 Å². The van der Waals surface area contributed by atoms with Crippen molar-refractivity contribution < 1.29 is 116 Å². The molecule has 0 aliphatic heterocycles. The third kappa shape index (κ3) is 9.13. The van der Waals surface area contributed by atoms with Crippen molar-refractivity contribution in [1.82, 2.24) is 0 Å². The average Bonchev–Trinajstić information content (AvgIpc) is 1.00.